The van der Waals surface area contributed by atoms with Gasteiger partial charge in [-0.05, 0) is 12.5 Å². The molecule has 2 N–H and O–H groups in total. The van der Waals surface area contributed by atoms with Gasteiger partial charge in [0.05, 0.1) is 11.7 Å². The Balaban J connectivity index is 2.80. The predicted molar refractivity (Wildman–Crippen MR) is 35.5 cm³/mol. The van der Waals surface area contributed by atoms with Crippen LogP contribution in [0.1, 0.15) is 6.42 Å². The van der Waals surface area contributed by atoms with Crippen molar-refractivity contribution in [1.29, 1.82) is 0 Å². The fourth-order valence-corrected chi connectivity index (χ4v) is 0.831. The van der Waals surface area contributed by atoms with Crippen molar-refractivity contribution in [1.82, 2.24) is 0 Å². The molecule has 0 aromatic rings. The molecule has 1 aliphatic rings. The van der Waals surface area contributed by atoms with Gasteiger partial charge in [0, 0.05) is 0 Å². The van der Waals surface area contributed by atoms with Crippen molar-refractivity contribution in [2.45, 2.75) is 12.5 Å². The van der Waals surface area contributed by atoms with E-state index >= 15 is 0 Å². The molecule has 1 aliphatic carbocycles. The molecule has 10 heavy (non-hydrogen) atoms. The van der Waals surface area contributed by atoms with Crippen molar-refractivity contribution in [2.24, 2.45) is 0 Å². The number of carboxylic acids is 1. The highest BCUT2D eigenvalue weighted by molar-refractivity contribution is 5.88. The Kier molecular flexibility index (Phi) is 1.87. The van der Waals surface area contributed by atoms with Gasteiger partial charge in [-0.2, -0.15) is 0 Å². The van der Waals surface area contributed by atoms with Crippen molar-refractivity contribution < 1.29 is 15.0 Å². The van der Waals surface area contributed by atoms with Crippen LogP contribution in [-0.4, -0.2) is 22.3 Å². The molecule has 3 heteroatoms. The monoisotopic (exact) mass is 140 g/mol. The second-order valence-electron chi connectivity index (χ2n) is 2.11. The number of carboxylic acid groups (broad SMARTS) is 1. The molecule has 0 saturated heterocycles. The Labute approximate surface area is 58.3 Å². The van der Waals surface area contributed by atoms with Gasteiger partial charge in [-0.1, -0.05) is 12.2 Å². The molecule has 3 nitrogen and oxygen atoms in total. The lowest BCUT2D eigenvalue weighted by molar-refractivity contribution is -0.133. The highest BCUT2D eigenvalue weighted by atomic mass is 16.4. The standard InChI is InChI=1S/C7H8O3/c8-6-4-2-1-3-5(6)7(9)10/h1-3,6,8H,4H2,(H,9,10). The maximum atomic E-state index is 10.3. The van der Waals surface area contributed by atoms with Crippen LogP contribution in [-0.2, 0) is 4.79 Å². The normalized spacial score (nSPS) is 24.1. The third-order valence-corrected chi connectivity index (χ3v) is 1.38. The Hall–Kier alpha value is -1.09. The quantitative estimate of drug-likeness (QED) is 0.551. The van der Waals surface area contributed by atoms with Gasteiger partial charge in [0.15, 0.2) is 0 Å². The molecule has 0 aromatic heterocycles. The summed E-state index contributed by atoms with van der Waals surface area (Å²) in [7, 11) is 0. The van der Waals surface area contributed by atoms with Gasteiger partial charge in [-0.25, -0.2) is 4.79 Å². The van der Waals surface area contributed by atoms with Crippen LogP contribution in [0.4, 0.5) is 0 Å². The van der Waals surface area contributed by atoms with Gasteiger partial charge in [0.2, 0.25) is 0 Å². The number of aliphatic hydroxyl groups is 1. The van der Waals surface area contributed by atoms with Crippen LogP contribution in [0.15, 0.2) is 23.8 Å². The molecule has 54 valence electrons. The van der Waals surface area contributed by atoms with Crippen LogP contribution in [0.25, 0.3) is 0 Å². The molecular weight excluding hydrogens is 132 g/mol. The summed E-state index contributed by atoms with van der Waals surface area (Å²) in [6.45, 7) is 0. The zero-order chi connectivity index (χ0) is 7.56. The first-order valence-electron chi connectivity index (χ1n) is 3.00. The van der Waals surface area contributed by atoms with Gasteiger partial charge in [-0.15, -0.1) is 0 Å². The highest BCUT2D eigenvalue weighted by Crippen LogP contribution is 2.12. The lowest BCUT2D eigenvalue weighted by Crippen LogP contribution is -2.18. The van der Waals surface area contributed by atoms with Crippen LogP contribution in [0, 0.1) is 0 Å². The largest absolute Gasteiger partial charge is 0.478 e. The Morgan fingerprint density at radius 1 is 1.70 bits per heavy atom. The van der Waals surface area contributed by atoms with E-state index in [4.69, 9.17) is 10.2 Å². The number of rotatable bonds is 1. The lowest BCUT2D eigenvalue weighted by Gasteiger charge is -2.10. The van der Waals surface area contributed by atoms with Gasteiger partial charge >= 0.3 is 5.97 Å². The van der Waals surface area contributed by atoms with E-state index in [1.54, 1.807) is 12.2 Å². The molecule has 0 saturated carbocycles. The molecule has 1 unspecified atom stereocenters. The maximum absolute atomic E-state index is 10.3. The van der Waals surface area contributed by atoms with E-state index in [1.165, 1.54) is 6.08 Å². The first-order chi connectivity index (χ1) is 4.72. The third-order valence-electron chi connectivity index (χ3n) is 1.38. The number of aliphatic carboxylic acids is 1. The van der Waals surface area contributed by atoms with E-state index in [9.17, 15) is 4.79 Å². The Morgan fingerprint density at radius 2 is 2.40 bits per heavy atom. The zero-order valence-corrected chi connectivity index (χ0v) is 5.32. The van der Waals surface area contributed by atoms with Crippen LogP contribution >= 0.6 is 0 Å². The predicted octanol–water partition coefficient (Wildman–Crippen LogP) is 0.318. The van der Waals surface area contributed by atoms with E-state index in [1.807, 2.05) is 0 Å². The summed E-state index contributed by atoms with van der Waals surface area (Å²) >= 11 is 0. The van der Waals surface area contributed by atoms with Gasteiger partial charge in [0.1, 0.15) is 0 Å². The van der Waals surface area contributed by atoms with E-state index in [0.29, 0.717) is 6.42 Å². The lowest BCUT2D eigenvalue weighted by atomic mass is 10.0. The Bertz CT molecular complexity index is 203. The van der Waals surface area contributed by atoms with Crippen molar-refractivity contribution in [3.05, 3.63) is 23.8 Å². The average Bonchev–Trinajstić information content (AvgIpc) is 1.88. The summed E-state index contributed by atoms with van der Waals surface area (Å²) in [6, 6.07) is 0. The van der Waals surface area contributed by atoms with Crippen molar-refractivity contribution in [3.63, 3.8) is 0 Å². The summed E-state index contributed by atoms with van der Waals surface area (Å²) in [4.78, 5) is 10.3. The summed E-state index contributed by atoms with van der Waals surface area (Å²) < 4.78 is 0. The number of aliphatic hydroxyl groups excluding tert-OH is 1. The molecule has 0 bridgehead atoms. The van der Waals surface area contributed by atoms with Crippen molar-refractivity contribution in [2.75, 3.05) is 0 Å². The van der Waals surface area contributed by atoms with Gasteiger partial charge in [0.25, 0.3) is 0 Å². The van der Waals surface area contributed by atoms with E-state index in [2.05, 4.69) is 0 Å². The molecule has 0 fully saturated rings. The average molecular weight is 140 g/mol. The second-order valence-corrected chi connectivity index (χ2v) is 2.11. The summed E-state index contributed by atoms with van der Waals surface area (Å²) in [5.41, 5.74) is 0.0718. The van der Waals surface area contributed by atoms with Crippen LogP contribution in [0.3, 0.4) is 0 Å². The van der Waals surface area contributed by atoms with Gasteiger partial charge in [-0.3, -0.25) is 0 Å². The molecule has 0 spiro atoms. The molecule has 0 aromatic carbocycles. The van der Waals surface area contributed by atoms with Crippen LogP contribution < -0.4 is 0 Å². The molecule has 1 atom stereocenters. The van der Waals surface area contributed by atoms with Gasteiger partial charge < -0.3 is 10.2 Å². The Morgan fingerprint density at radius 3 is 2.80 bits per heavy atom. The first-order valence-corrected chi connectivity index (χ1v) is 3.00. The SMILES string of the molecule is O=C(O)C1=CC=CCC1O. The molecule has 1 rings (SSSR count). The highest BCUT2D eigenvalue weighted by Gasteiger charge is 2.17. The zero-order valence-electron chi connectivity index (χ0n) is 5.32. The maximum Gasteiger partial charge on any atom is 0.334 e. The summed E-state index contributed by atoms with van der Waals surface area (Å²) in [5.74, 6) is -1.04. The third kappa shape index (κ3) is 1.25. The fraction of sp³-hybridized carbons (Fsp3) is 0.286. The molecule has 0 amide bonds. The van der Waals surface area contributed by atoms with Crippen molar-refractivity contribution >= 4 is 5.97 Å². The molecule has 0 aliphatic heterocycles. The molecule has 0 radical (unpaired) electrons. The van der Waals surface area contributed by atoms with Crippen LogP contribution in [0.5, 0.6) is 0 Å². The second kappa shape index (κ2) is 2.66. The first kappa shape index (κ1) is 7.02. The number of hydrogen-bond donors (Lipinski definition) is 2. The summed E-state index contributed by atoms with van der Waals surface area (Å²) in [5, 5.41) is 17.5. The minimum atomic E-state index is -1.04. The molecule has 0 heterocycles. The molecular formula is C7H8O3. The minimum absolute atomic E-state index is 0.0718. The summed E-state index contributed by atoms with van der Waals surface area (Å²) in [6.07, 6.45) is 4.35. The van der Waals surface area contributed by atoms with E-state index in [0.717, 1.165) is 0 Å². The number of allylic oxidation sites excluding steroid dienone is 2. The van der Waals surface area contributed by atoms with Crippen LogP contribution in [0.2, 0.25) is 0 Å². The number of hydrogen-bond acceptors (Lipinski definition) is 2. The fourth-order valence-electron chi connectivity index (χ4n) is 0.831. The number of carbonyl (C=O) groups is 1. The van der Waals surface area contributed by atoms with E-state index in [-0.39, 0.29) is 5.57 Å². The topological polar surface area (TPSA) is 57.5 Å². The van der Waals surface area contributed by atoms with Crippen molar-refractivity contribution in [3.8, 4) is 0 Å². The smallest absolute Gasteiger partial charge is 0.334 e. The minimum Gasteiger partial charge on any atom is -0.478 e. The van der Waals surface area contributed by atoms with E-state index < -0.39 is 12.1 Å².